The number of primary amides is 1. The number of hydrogen-bond acceptors (Lipinski definition) is 2. The average Bonchev–Trinajstić information content (AvgIpc) is 1.21. The number of rotatable bonds is 0. The van der Waals surface area contributed by atoms with Gasteiger partial charge in [0, 0.05) is 20.4 Å². The molecule has 0 aromatic rings. The van der Waals surface area contributed by atoms with Gasteiger partial charge in [0.15, 0.2) is 0 Å². The van der Waals surface area contributed by atoms with E-state index in [4.69, 9.17) is 5.73 Å². The summed E-state index contributed by atoms with van der Waals surface area (Å²) in [6, 6.07) is 0. The van der Waals surface area contributed by atoms with Gasteiger partial charge in [-0.1, -0.05) is 0 Å². The number of nitrogens with two attached hydrogens (primary N) is 1. The average molecular weight is 224 g/mol. The van der Waals surface area contributed by atoms with Gasteiger partial charge in [-0.2, -0.15) is 0 Å². The third-order valence-electron chi connectivity index (χ3n) is 0.407. The Balaban J connectivity index is 0. The molecule has 0 fully saturated rings. The van der Waals surface area contributed by atoms with Crippen molar-refractivity contribution in [3.63, 3.8) is 0 Å². The van der Waals surface area contributed by atoms with Gasteiger partial charge < -0.3 is 10.5 Å². The zero-order chi connectivity index (χ0) is 6.78. The van der Waals surface area contributed by atoms with Crippen LogP contribution in [-0.2, 0) is 25.2 Å². The van der Waals surface area contributed by atoms with Crippen molar-refractivity contribution in [1.82, 2.24) is 0 Å². The smallest absolute Gasteiger partial charge is 0.405 e. The van der Waals surface area contributed by atoms with Crippen LogP contribution < -0.4 is 5.73 Å². The molecule has 4 heteroatoms. The first kappa shape index (κ1) is 11.7. The van der Waals surface area contributed by atoms with Crippen molar-refractivity contribution in [2.45, 2.75) is 26.4 Å². The minimum absolute atomic E-state index is 0. The first-order chi connectivity index (χ1) is 3.42. The summed E-state index contributed by atoms with van der Waals surface area (Å²) >= 11 is 0. The second-order valence-electron chi connectivity index (χ2n) is 2.53. The summed E-state index contributed by atoms with van der Waals surface area (Å²) in [6.07, 6.45) is -0.725. The predicted molar refractivity (Wildman–Crippen MR) is 30.4 cm³/mol. The van der Waals surface area contributed by atoms with Gasteiger partial charge >= 0.3 is 6.09 Å². The molecule has 0 bridgehead atoms. The molecule has 0 aliphatic rings. The third-order valence-corrected chi connectivity index (χ3v) is 0.407. The monoisotopic (exact) mass is 223 g/mol. The SMILES string of the molecule is CC(C)(C)OC(N)=O.[Pd]. The van der Waals surface area contributed by atoms with Crippen LogP contribution in [0.15, 0.2) is 0 Å². The van der Waals surface area contributed by atoms with Crippen molar-refractivity contribution in [3.05, 3.63) is 0 Å². The molecule has 2 N–H and O–H groups in total. The molecule has 0 radical (unpaired) electrons. The molecule has 0 rings (SSSR count). The Morgan fingerprint density at radius 1 is 1.44 bits per heavy atom. The summed E-state index contributed by atoms with van der Waals surface area (Å²) in [7, 11) is 0. The molecular weight excluding hydrogens is 212 g/mol. The molecule has 1 amide bonds. The summed E-state index contributed by atoms with van der Waals surface area (Å²) in [5.74, 6) is 0. The number of ether oxygens (including phenoxy) is 1. The van der Waals surface area contributed by atoms with Crippen molar-refractivity contribution >= 4 is 6.09 Å². The predicted octanol–water partition coefficient (Wildman–Crippen LogP) is 0.878. The van der Waals surface area contributed by atoms with Crippen LogP contribution in [0.25, 0.3) is 0 Å². The number of carbonyl (C=O) groups is 1. The van der Waals surface area contributed by atoms with Crippen LogP contribution in [0, 0.1) is 0 Å². The summed E-state index contributed by atoms with van der Waals surface area (Å²) in [5.41, 5.74) is 4.26. The van der Waals surface area contributed by atoms with Crippen molar-refractivity contribution in [3.8, 4) is 0 Å². The van der Waals surface area contributed by atoms with Crippen LogP contribution in [0.4, 0.5) is 4.79 Å². The van der Waals surface area contributed by atoms with Crippen LogP contribution >= 0.6 is 0 Å². The first-order valence-electron chi connectivity index (χ1n) is 2.40. The van der Waals surface area contributed by atoms with E-state index in [1.807, 2.05) is 0 Å². The van der Waals surface area contributed by atoms with E-state index in [0.717, 1.165) is 0 Å². The largest absolute Gasteiger partial charge is 0.444 e. The van der Waals surface area contributed by atoms with E-state index in [1.165, 1.54) is 0 Å². The van der Waals surface area contributed by atoms with Gasteiger partial charge in [0.2, 0.25) is 0 Å². The Morgan fingerprint density at radius 3 is 1.78 bits per heavy atom. The Hall–Kier alpha value is -0.0677. The fraction of sp³-hybridized carbons (Fsp3) is 0.800. The molecule has 9 heavy (non-hydrogen) atoms. The molecule has 0 spiro atoms. The quantitative estimate of drug-likeness (QED) is 0.620. The topological polar surface area (TPSA) is 52.3 Å². The summed E-state index contributed by atoms with van der Waals surface area (Å²) in [5, 5.41) is 0. The second kappa shape index (κ2) is 3.86. The van der Waals surface area contributed by atoms with E-state index in [2.05, 4.69) is 4.74 Å². The maximum atomic E-state index is 10.0. The maximum Gasteiger partial charge on any atom is 0.405 e. The molecule has 0 aliphatic heterocycles. The number of amides is 1. The van der Waals surface area contributed by atoms with Crippen molar-refractivity contribution < 1.29 is 30.0 Å². The Bertz CT molecular complexity index is 97.6. The van der Waals surface area contributed by atoms with E-state index >= 15 is 0 Å². The molecule has 0 aliphatic carbocycles. The minimum Gasteiger partial charge on any atom is -0.444 e. The molecule has 0 heterocycles. The van der Waals surface area contributed by atoms with E-state index in [0.29, 0.717) is 0 Å². The zero-order valence-electron chi connectivity index (χ0n) is 5.71. The Labute approximate surface area is 68.6 Å². The van der Waals surface area contributed by atoms with Crippen LogP contribution in [0.1, 0.15) is 20.8 Å². The van der Waals surface area contributed by atoms with Gasteiger partial charge in [0.05, 0.1) is 0 Å². The number of carbonyl (C=O) groups excluding carboxylic acids is 1. The fourth-order valence-corrected chi connectivity index (χ4v) is 0.302. The Morgan fingerprint density at radius 2 is 1.78 bits per heavy atom. The van der Waals surface area contributed by atoms with E-state index in [1.54, 1.807) is 20.8 Å². The second-order valence-corrected chi connectivity index (χ2v) is 2.53. The van der Waals surface area contributed by atoms with Crippen molar-refractivity contribution in [2.75, 3.05) is 0 Å². The van der Waals surface area contributed by atoms with E-state index in [9.17, 15) is 4.79 Å². The van der Waals surface area contributed by atoms with Gasteiger partial charge in [-0.25, -0.2) is 4.79 Å². The summed E-state index contributed by atoms with van der Waals surface area (Å²) in [4.78, 5) is 10.0. The van der Waals surface area contributed by atoms with Crippen molar-refractivity contribution in [2.24, 2.45) is 5.73 Å². The Kier molecular flexibility index (Phi) is 5.02. The van der Waals surface area contributed by atoms with Crippen molar-refractivity contribution in [1.29, 1.82) is 0 Å². The third kappa shape index (κ3) is 11.5. The van der Waals surface area contributed by atoms with Gasteiger partial charge in [-0.15, -0.1) is 0 Å². The zero-order valence-corrected chi connectivity index (χ0v) is 7.26. The molecule has 0 aromatic heterocycles. The standard InChI is InChI=1S/C5H11NO2.Pd/c1-5(2,3)8-4(6)7;/h1-3H3,(H2,6,7);. The molecule has 0 atom stereocenters. The maximum absolute atomic E-state index is 10.0. The van der Waals surface area contributed by atoms with E-state index in [-0.39, 0.29) is 20.4 Å². The first-order valence-corrected chi connectivity index (χ1v) is 2.40. The van der Waals surface area contributed by atoms with E-state index < -0.39 is 11.7 Å². The molecule has 58 valence electrons. The van der Waals surface area contributed by atoms with Crippen LogP contribution in [0.2, 0.25) is 0 Å². The van der Waals surface area contributed by atoms with Crippen LogP contribution in [0.3, 0.4) is 0 Å². The normalized spacial score (nSPS) is 9.67. The van der Waals surface area contributed by atoms with Gasteiger partial charge in [0.1, 0.15) is 5.60 Å². The minimum atomic E-state index is -0.725. The fourth-order valence-electron chi connectivity index (χ4n) is 0.302. The van der Waals surface area contributed by atoms with Gasteiger partial charge in [0.25, 0.3) is 0 Å². The van der Waals surface area contributed by atoms with Crippen LogP contribution in [-0.4, -0.2) is 11.7 Å². The molecular formula is C5H11NO2Pd. The number of hydrogen-bond donors (Lipinski definition) is 1. The molecule has 3 nitrogen and oxygen atoms in total. The van der Waals surface area contributed by atoms with Crippen LogP contribution in [0.5, 0.6) is 0 Å². The molecule has 0 aromatic carbocycles. The molecule has 0 unspecified atom stereocenters. The summed E-state index contributed by atoms with van der Waals surface area (Å²) < 4.78 is 4.58. The van der Waals surface area contributed by atoms with Gasteiger partial charge in [-0.3, -0.25) is 0 Å². The summed E-state index contributed by atoms with van der Waals surface area (Å²) in [6.45, 7) is 5.28. The van der Waals surface area contributed by atoms with Gasteiger partial charge in [-0.05, 0) is 20.8 Å². The molecule has 0 saturated heterocycles. The molecule has 0 saturated carbocycles.